The number of oxime groups is 1. The van der Waals surface area contributed by atoms with Gasteiger partial charge in [-0.05, 0) is 24.5 Å². The fraction of sp³-hybridized carbons (Fsp3) is 0.182. The van der Waals surface area contributed by atoms with E-state index in [0.29, 0.717) is 0 Å². The molecule has 13 heavy (non-hydrogen) atoms. The Bertz CT molecular complexity index is 358. The molecule has 2 heteroatoms. The average molecular weight is 173 g/mol. The van der Waals surface area contributed by atoms with E-state index >= 15 is 0 Å². The zero-order valence-corrected chi connectivity index (χ0v) is 7.74. The first-order valence-corrected chi connectivity index (χ1v) is 3.97. The summed E-state index contributed by atoms with van der Waals surface area (Å²) in [6.45, 7) is 2.03. The fourth-order valence-corrected chi connectivity index (χ4v) is 0.902. The molecule has 0 fully saturated rings. The first kappa shape index (κ1) is 9.34. The molecule has 0 atom stereocenters. The van der Waals surface area contributed by atoms with Gasteiger partial charge >= 0.3 is 0 Å². The van der Waals surface area contributed by atoms with Crippen molar-refractivity contribution in [2.45, 2.75) is 6.92 Å². The van der Waals surface area contributed by atoms with Crippen LogP contribution in [0.4, 0.5) is 0 Å². The van der Waals surface area contributed by atoms with Gasteiger partial charge in [-0.3, -0.25) is 0 Å². The maximum atomic E-state index is 4.48. The third-order valence-electron chi connectivity index (χ3n) is 1.57. The van der Waals surface area contributed by atoms with E-state index in [4.69, 9.17) is 0 Å². The molecule has 0 spiro atoms. The lowest BCUT2D eigenvalue weighted by atomic mass is 10.1. The van der Waals surface area contributed by atoms with Gasteiger partial charge in [-0.25, -0.2) is 0 Å². The summed E-state index contributed by atoms with van der Waals surface area (Å²) < 4.78 is 0. The van der Waals surface area contributed by atoms with Gasteiger partial charge < -0.3 is 4.84 Å². The van der Waals surface area contributed by atoms with Crippen LogP contribution >= 0.6 is 0 Å². The maximum absolute atomic E-state index is 4.48. The van der Waals surface area contributed by atoms with Gasteiger partial charge in [0.05, 0.1) is 0 Å². The highest BCUT2D eigenvalue weighted by Gasteiger charge is 1.88. The SMILES string of the molecule is CO/N=C/C#Cc1ccccc1C. The molecule has 0 aromatic heterocycles. The van der Waals surface area contributed by atoms with Crippen LogP contribution in [0.3, 0.4) is 0 Å². The normalized spacial score (nSPS) is 9.38. The third kappa shape index (κ3) is 3.00. The molecule has 1 rings (SSSR count). The largest absolute Gasteiger partial charge is 0.399 e. The number of rotatable bonds is 1. The van der Waals surface area contributed by atoms with Gasteiger partial charge in [-0.2, -0.15) is 0 Å². The second-order valence-electron chi connectivity index (χ2n) is 2.50. The van der Waals surface area contributed by atoms with E-state index in [2.05, 4.69) is 21.8 Å². The number of benzene rings is 1. The predicted molar refractivity (Wildman–Crippen MR) is 53.6 cm³/mol. The van der Waals surface area contributed by atoms with Gasteiger partial charge in [0.15, 0.2) is 0 Å². The molecule has 66 valence electrons. The molecule has 0 radical (unpaired) electrons. The van der Waals surface area contributed by atoms with E-state index < -0.39 is 0 Å². The quantitative estimate of drug-likeness (QED) is 0.361. The first-order valence-electron chi connectivity index (χ1n) is 3.97. The van der Waals surface area contributed by atoms with E-state index in [1.165, 1.54) is 18.9 Å². The summed E-state index contributed by atoms with van der Waals surface area (Å²) in [5.41, 5.74) is 2.19. The molecule has 0 heterocycles. The lowest BCUT2D eigenvalue weighted by molar-refractivity contribution is 0.216. The van der Waals surface area contributed by atoms with Gasteiger partial charge in [0.2, 0.25) is 0 Å². The molecule has 0 saturated carbocycles. The molecule has 0 unspecified atom stereocenters. The van der Waals surface area contributed by atoms with Crippen molar-refractivity contribution in [2.24, 2.45) is 5.16 Å². The van der Waals surface area contributed by atoms with Crippen LogP contribution in [-0.4, -0.2) is 13.3 Å². The first-order chi connectivity index (χ1) is 6.34. The molecule has 1 aromatic rings. The predicted octanol–water partition coefficient (Wildman–Crippen LogP) is 1.98. The Kier molecular flexibility index (Phi) is 3.59. The monoisotopic (exact) mass is 173 g/mol. The molecule has 0 amide bonds. The van der Waals surface area contributed by atoms with Crippen LogP contribution in [0.15, 0.2) is 29.4 Å². The van der Waals surface area contributed by atoms with E-state index in [9.17, 15) is 0 Å². The van der Waals surface area contributed by atoms with Gasteiger partial charge in [-0.1, -0.05) is 29.3 Å². The zero-order valence-electron chi connectivity index (χ0n) is 7.74. The average Bonchev–Trinajstić information content (AvgIpc) is 2.15. The van der Waals surface area contributed by atoms with Gasteiger partial charge in [0.1, 0.15) is 13.3 Å². The van der Waals surface area contributed by atoms with Crippen LogP contribution in [0, 0.1) is 18.8 Å². The molecule has 0 saturated heterocycles. The fourth-order valence-electron chi connectivity index (χ4n) is 0.902. The number of aryl methyl sites for hydroxylation is 1. The van der Waals surface area contributed by atoms with Crippen molar-refractivity contribution in [1.29, 1.82) is 0 Å². The molecule has 0 aliphatic heterocycles. The second kappa shape index (κ2) is 5.00. The van der Waals surface area contributed by atoms with Crippen LogP contribution in [0.2, 0.25) is 0 Å². The highest BCUT2D eigenvalue weighted by Crippen LogP contribution is 2.03. The Balaban J connectivity index is 2.77. The highest BCUT2D eigenvalue weighted by atomic mass is 16.6. The van der Waals surface area contributed by atoms with Crippen molar-refractivity contribution in [3.8, 4) is 11.8 Å². The van der Waals surface area contributed by atoms with E-state index in [1.54, 1.807) is 0 Å². The summed E-state index contributed by atoms with van der Waals surface area (Å²) in [7, 11) is 1.49. The summed E-state index contributed by atoms with van der Waals surface area (Å²) in [5.74, 6) is 5.75. The highest BCUT2D eigenvalue weighted by molar-refractivity contribution is 5.78. The zero-order chi connectivity index (χ0) is 9.52. The van der Waals surface area contributed by atoms with Crippen molar-refractivity contribution in [3.63, 3.8) is 0 Å². The van der Waals surface area contributed by atoms with Crippen molar-refractivity contribution in [1.82, 2.24) is 0 Å². The molecule has 0 aliphatic rings. The summed E-state index contributed by atoms with van der Waals surface area (Å²) in [4.78, 5) is 4.48. The van der Waals surface area contributed by atoms with Gasteiger partial charge in [-0.15, -0.1) is 0 Å². The minimum Gasteiger partial charge on any atom is -0.399 e. The van der Waals surface area contributed by atoms with Crippen LogP contribution in [0.25, 0.3) is 0 Å². The van der Waals surface area contributed by atoms with E-state index in [1.807, 2.05) is 31.2 Å². The summed E-state index contributed by atoms with van der Waals surface area (Å²) >= 11 is 0. The molecule has 2 nitrogen and oxygen atoms in total. The molecule has 1 aromatic carbocycles. The molecular formula is C11H11NO. The van der Waals surface area contributed by atoms with Crippen LogP contribution in [-0.2, 0) is 4.84 Å². The standard InChI is InChI=1S/C11H11NO/c1-10-6-3-4-7-11(10)8-5-9-12-13-2/h3-4,6-7,9H,1-2H3/b12-9+. The maximum Gasteiger partial charge on any atom is 0.116 e. The van der Waals surface area contributed by atoms with Gasteiger partial charge in [0.25, 0.3) is 0 Å². The lowest BCUT2D eigenvalue weighted by Gasteiger charge is -1.93. The van der Waals surface area contributed by atoms with Crippen LogP contribution < -0.4 is 0 Å². The molecule has 0 bridgehead atoms. The number of hydrogen-bond donors (Lipinski definition) is 0. The van der Waals surface area contributed by atoms with Crippen molar-refractivity contribution in [2.75, 3.05) is 7.11 Å². The number of nitrogens with zero attached hydrogens (tertiary/aromatic N) is 1. The molecular weight excluding hydrogens is 162 g/mol. The Hall–Kier alpha value is -1.75. The Labute approximate surface area is 78.2 Å². The van der Waals surface area contributed by atoms with E-state index in [0.717, 1.165) is 5.56 Å². The Morgan fingerprint density at radius 1 is 1.38 bits per heavy atom. The topological polar surface area (TPSA) is 21.6 Å². The smallest absolute Gasteiger partial charge is 0.116 e. The molecule has 0 aliphatic carbocycles. The summed E-state index contributed by atoms with van der Waals surface area (Å²) in [5, 5.41) is 3.52. The number of hydrogen-bond acceptors (Lipinski definition) is 2. The van der Waals surface area contributed by atoms with Crippen molar-refractivity contribution in [3.05, 3.63) is 35.4 Å². The minimum absolute atomic E-state index is 1.02. The molecule has 0 N–H and O–H groups in total. The Morgan fingerprint density at radius 3 is 2.85 bits per heavy atom. The second-order valence-corrected chi connectivity index (χ2v) is 2.50. The van der Waals surface area contributed by atoms with Crippen molar-refractivity contribution < 1.29 is 4.84 Å². The lowest BCUT2D eigenvalue weighted by Crippen LogP contribution is -1.79. The van der Waals surface area contributed by atoms with Gasteiger partial charge in [0, 0.05) is 5.56 Å². The van der Waals surface area contributed by atoms with Crippen LogP contribution in [0.5, 0.6) is 0 Å². The minimum atomic E-state index is 1.02. The summed E-state index contributed by atoms with van der Waals surface area (Å²) in [6, 6.07) is 7.95. The summed E-state index contributed by atoms with van der Waals surface area (Å²) in [6.07, 6.45) is 1.44. The van der Waals surface area contributed by atoms with Crippen LogP contribution in [0.1, 0.15) is 11.1 Å². The Morgan fingerprint density at radius 2 is 2.15 bits per heavy atom. The third-order valence-corrected chi connectivity index (χ3v) is 1.57. The van der Waals surface area contributed by atoms with E-state index in [-0.39, 0.29) is 0 Å². The van der Waals surface area contributed by atoms with Crippen molar-refractivity contribution >= 4 is 6.21 Å².